The van der Waals surface area contributed by atoms with Gasteiger partial charge in [0.15, 0.2) is 5.17 Å². The molecule has 0 spiro atoms. The number of likely N-dealkylation sites (N-methyl/N-ethyl adjacent to an activating group) is 1. The SMILES string of the molecule is CCOC(=O)c1ccc(N=C2S/C(=C/c3ccc(-c4ccc(Cl)cc4)o3)C(=O)N2C)cc1. The molecule has 1 aliphatic rings. The van der Waals surface area contributed by atoms with Crippen LogP contribution in [0.5, 0.6) is 0 Å². The van der Waals surface area contributed by atoms with Gasteiger partial charge in [0, 0.05) is 23.7 Å². The number of carbonyl (C=O) groups is 2. The summed E-state index contributed by atoms with van der Waals surface area (Å²) in [6.07, 6.45) is 1.70. The Labute approximate surface area is 194 Å². The van der Waals surface area contributed by atoms with E-state index in [2.05, 4.69) is 4.99 Å². The molecule has 1 aromatic heterocycles. The van der Waals surface area contributed by atoms with Gasteiger partial charge in [-0.2, -0.15) is 0 Å². The molecular weight excluding hydrogens is 448 g/mol. The molecule has 0 N–H and O–H groups in total. The summed E-state index contributed by atoms with van der Waals surface area (Å²) in [5, 5.41) is 1.19. The molecule has 0 bridgehead atoms. The summed E-state index contributed by atoms with van der Waals surface area (Å²) in [5.74, 6) is 0.712. The molecule has 1 fully saturated rings. The third-order valence-corrected chi connectivity index (χ3v) is 5.95. The lowest BCUT2D eigenvalue weighted by Crippen LogP contribution is -2.23. The van der Waals surface area contributed by atoms with Crippen molar-refractivity contribution in [3.05, 3.63) is 81.9 Å². The minimum Gasteiger partial charge on any atom is -0.462 e. The topological polar surface area (TPSA) is 72.1 Å². The van der Waals surface area contributed by atoms with Crippen molar-refractivity contribution in [3.8, 4) is 11.3 Å². The van der Waals surface area contributed by atoms with Gasteiger partial charge in [-0.05, 0) is 79.3 Å². The number of esters is 1. The molecule has 3 aromatic rings. The summed E-state index contributed by atoms with van der Waals surface area (Å²) >= 11 is 7.20. The Morgan fingerprint density at radius 2 is 1.84 bits per heavy atom. The number of ether oxygens (including phenoxy) is 1. The summed E-state index contributed by atoms with van der Waals surface area (Å²) in [6.45, 7) is 2.08. The van der Waals surface area contributed by atoms with E-state index in [0.29, 0.717) is 44.5 Å². The van der Waals surface area contributed by atoms with Crippen LogP contribution in [0.25, 0.3) is 17.4 Å². The lowest BCUT2D eigenvalue weighted by Gasteiger charge is -2.07. The molecule has 8 heteroatoms. The molecule has 162 valence electrons. The Balaban J connectivity index is 1.52. The fourth-order valence-electron chi connectivity index (χ4n) is 2.98. The highest BCUT2D eigenvalue weighted by molar-refractivity contribution is 8.18. The van der Waals surface area contributed by atoms with Crippen LogP contribution in [0.2, 0.25) is 5.02 Å². The van der Waals surface area contributed by atoms with Gasteiger partial charge < -0.3 is 9.15 Å². The van der Waals surface area contributed by atoms with E-state index < -0.39 is 0 Å². The number of benzene rings is 2. The third kappa shape index (κ3) is 4.79. The smallest absolute Gasteiger partial charge is 0.338 e. The van der Waals surface area contributed by atoms with Crippen LogP contribution < -0.4 is 0 Å². The van der Waals surface area contributed by atoms with Crippen molar-refractivity contribution in [2.45, 2.75) is 6.92 Å². The van der Waals surface area contributed by atoms with Crippen molar-refractivity contribution in [3.63, 3.8) is 0 Å². The van der Waals surface area contributed by atoms with E-state index in [4.69, 9.17) is 20.8 Å². The molecule has 4 rings (SSSR count). The quantitative estimate of drug-likeness (QED) is 0.340. The van der Waals surface area contributed by atoms with Gasteiger partial charge in [0.05, 0.1) is 22.8 Å². The van der Waals surface area contributed by atoms with Gasteiger partial charge in [0.1, 0.15) is 11.5 Å². The van der Waals surface area contributed by atoms with E-state index in [1.54, 1.807) is 56.4 Å². The van der Waals surface area contributed by atoms with E-state index >= 15 is 0 Å². The number of furan rings is 1. The summed E-state index contributed by atoms with van der Waals surface area (Å²) in [7, 11) is 1.67. The van der Waals surface area contributed by atoms with Crippen LogP contribution in [-0.4, -0.2) is 35.6 Å². The first kappa shape index (κ1) is 21.9. The molecule has 1 saturated heterocycles. The van der Waals surface area contributed by atoms with Crippen molar-refractivity contribution in [1.29, 1.82) is 0 Å². The number of halogens is 1. The van der Waals surface area contributed by atoms with Gasteiger partial charge in [0.25, 0.3) is 5.91 Å². The second-order valence-corrected chi connectivity index (χ2v) is 8.29. The predicted octanol–water partition coefficient (Wildman–Crippen LogP) is 6.01. The first-order valence-electron chi connectivity index (χ1n) is 9.84. The average molecular weight is 467 g/mol. The Hall–Kier alpha value is -3.29. The fourth-order valence-corrected chi connectivity index (χ4v) is 4.07. The zero-order valence-corrected chi connectivity index (χ0v) is 18.9. The number of hydrogen-bond acceptors (Lipinski definition) is 6. The predicted molar refractivity (Wildman–Crippen MR) is 127 cm³/mol. The highest BCUT2D eigenvalue weighted by Crippen LogP contribution is 2.34. The van der Waals surface area contributed by atoms with Crippen LogP contribution in [0.15, 0.2) is 75.0 Å². The molecule has 1 aliphatic heterocycles. The van der Waals surface area contributed by atoms with E-state index in [9.17, 15) is 9.59 Å². The second kappa shape index (κ2) is 9.46. The molecule has 6 nitrogen and oxygen atoms in total. The van der Waals surface area contributed by atoms with Gasteiger partial charge >= 0.3 is 5.97 Å². The molecule has 2 aromatic carbocycles. The normalized spacial score (nSPS) is 16.2. The number of amidine groups is 1. The van der Waals surface area contributed by atoms with Crippen LogP contribution in [0, 0.1) is 0 Å². The minimum absolute atomic E-state index is 0.165. The van der Waals surface area contributed by atoms with Gasteiger partial charge in [-0.1, -0.05) is 11.6 Å². The zero-order valence-electron chi connectivity index (χ0n) is 17.4. The Bertz CT molecular complexity index is 1210. The van der Waals surface area contributed by atoms with E-state index in [1.165, 1.54) is 16.7 Å². The number of aliphatic imine (C=N–C) groups is 1. The number of nitrogens with zero attached hydrogens (tertiary/aromatic N) is 2. The molecular formula is C24H19ClN2O4S. The van der Waals surface area contributed by atoms with Crippen molar-refractivity contribution in [2.75, 3.05) is 13.7 Å². The van der Waals surface area contributed by atoms with E-state index in [-0.39, 0.29) is 11.9 Å². The lowest BCUT2D eigenvalue weighted by molar-refractivity contribution is -0.121. The first-order chi connectivity index (χ1) is 15.4. The van der Waals surface area contributed by atoms with Crippen LogP contribution >= 0.6 is 23.4 Å². The van der Waals surface area contributed by atoms with Crippen LogP contribution in [0.4, 0.5) is 5.69 Å². The van der Waals surface area contributed by atoms with Crippen molar-refractivity contribution in [1.82, 2.24) is 4.90 Å². The number of carbonyl (C=O) groups excluding carboxylic acids is 2. The number of rotatable bonds is 5. The minimum atomic E-state index is -0.379. The van der Waals surface area contributed by atoms with Gasteiger partial charge in [-0.15, -0.1) is 0 Å². The molecule has 0 atom stereocenters. The Kier molecular flexibility index (Phi) is 6.48. The molecule has 0 saturated carbocycles. The summed E-state index contributed by atoms with van der Waals surface area (Å²) in [6, 6.07) is 17.7. The number of hydrogen-bond donors (Lipinski definition) is 0. The number of thioether (sulfide) groups is 1. The monoisotopic (exact) mass is 466 g/mol. The second-order valence-electron chi connectivity index (χ2n) is 6.85. The van der Waals surface area contributed by atoms with E-state index in [0.717, 1.165) is 5.56 Å². The Morgan fingerprint density at radius 1 is 1.12 bits per heavy atom. The van der Waals surface area contributed by atoms with Crippen LogP contribution in [0.1, 0.15) is 23.0 Å². The largest absolute Gasteiger partial charge is 0.462 e. The van der Waals surface area contributed by atoms with Crippen LogP contribution in [0.3, 0.4) is 0 Å². The molecule has 2 heterocycles. The molecule has 0 radical (unpaired) electrons. The van der Waals surface area contributed by atoms with Crippen molar-refractivity contribution >= 4 is 52.2 Å². The highest BCUT2D eigenvalue weighted by Gasteiger charge is 2.30. The Morgan fingerprint density at radius 3 is 2.53 bits per heavy atom. The maximum atomic E-state index is 12.7. The molecule has 32 heavy (non-hydrogen) atoms. The first-order valence-corrected chi connectivity index (χ1v) is 11.0. The average Bonchev–Trinajstić information content (AvgIpc) is 3.36. The highest BCUT2D eigenvalue weighted by atomic mass is 35.5. The maximum absolute atomic E-state index is 12.7. The summed E-state index contributed by atoms with van der Waals surface area (Å²) < 4.78 is 10.9. The van der Waals surface area contributed by atoms with Crippen molar-refractivity contribution < 1.29 is 18.7 Å². The fraction of sp³-hybridized carbons (Fsp3) is 0.125. The summed E-state index contributed by atoms with van der Waals surface area (Å²) in [5.41, 5.74) is 1.98. The van der Waals surface area contributed by atoms with Gasteiger partial charge in [-0.25, -0.2) is 9.79 Å². The lowest BCUT2D eigenvalue weighted by atomic mass is 10.2. The van der Waals surface area contributed by atoms with Gasteiger partial charge in [-0.3, -0.25) is 9.69 Å². The number of amides is 1. The third-order valence-electron chi connectivity index (χ3n) is 4.64. The van der Waals surface area contributed by atoms with Crippen molar-refractivity contribution in [2.24, 2.45) is 4.99 Å². The maximum Gasteiger partial charge on any atom is 0.338 e. The molecule has 1 amide bonds. The molecule has 0 aliphatic carbocycles. The zero-order chi connectivity index (χ0) is 22.7. The summed E-state index contributed by atoms with van der Waals surface area (Å²) in [4.78, 5) is 31.0. The standard InChI is InChI=1S/C24H19ClN2O4S/c1-3-30-23(29)16-6-10-18(11-7-16)26-24-27(2)22(28)21(32-24)14-19-12-13-20(31-19)15-4-8-17(25)9-5-15/h4-14H,3H2,1-2H3/b21-14+,26-24?. The van der Waals surface area contributed by atoms with Gasteiger partial charge in [0.2, 0.25) is 0 Å². The van der Waals surface area contributed by atoms with E-state index in [1.807, 2.05) is 24.3 Å². The van der Waals surface area contributed by atoms with Crippen LogP contribution in [-0.2, 0) is 9.53 Å². The molecule has 0 unspecified atom stereocenters.